The van der Waals surface area contributed by atoms with Gasteiger partial charge in [-0.15, -0.1) is 0 Å². The largest absolute Gasteiger partial charge is 0.369 e. The number of hydrogen-bond acceptors (Lipinski definition) is 3. The zero-order chi connectivity index (χ0) is 15.4. The molecule has 1 aliphatic rings. The molecule has 1 unspecified atom stereocenters. The van der Waals surface area contributed by atoms with E-state index in [1.54, 1.807) is 0 Å². The Morgan fingerprint density at radius 2 is 2.14 bits per heavy atom. The van der Waals surface area contributed by atoms with Gasteiger partial charge in [-0.25, -0.2) is 0 Å². The van der Waals surface area contributed by atoms with E-state index < -0.39 is 0 Å². The molecule has 1 N–H and O–H groups in total. The van der Waals surface area contributed by atoms with Crippen molar-refractivity contribution in [2.45, 2.75) is 45.3 Å². The van der Waals surface area contributed by atoms with Gasteiger partial charge in [0.1, 0.15) is 0 Å². The second kappa shape index (κ2) is 7.61. The van der Waals surface area contributed by atoms with Crippen LogP contribution >= 0.6 is 15.9 Å². The zero-order valence-electron chi connectivity index (χ0n) is 13.7. The molecule has 0 radical (unpaired) electrons. The van der Waals surface area contributed by atoms with Crippen LogP contribution in [0.4, 0.5) is 5.69 Å². The van der Waals surface area contributed by atoms with Crippen LogP contribution in [-0.2, 0) is 6.54 Å². The molecule has 4 heteroatoms. The minimum atomic E-state index is 0.520. The van der Waals surface area contributed by atoms with E-state index in [9.17, 15) is 0 Å². The number of likely N-dealkylation sites (N-methyl/N-ethyl adjacent to an activating group) is 1. The number of piperidine rings is 1. The van der Waals surface area contributed by atoms with E-state index in [2.05, 4.69) is 77.2 Å². The summed E-state index contributed by atoms with van der Waals surface area (Å²) >= 11 is 3.76. The average Bonchev–Trinajstić information content (AvgIpc) is 2.45. The predicted octanol–water partition coefficient (Wildman–Crippen LogP) is 3.48. The van der Waals surface area contributed by atoms with Gasteiger partial charge in [-0.3, -0.25) is 0 Å². The molecule has 0 aromatic heterocycles. The summed E-state index contributed by atoms with van der Waals surface area (Å²) < 4.78 is 1.21. The van der Waals surface area contributed by atoms with Gasteiger partial charge in [-0.1, -0.05) is 19.9 Å². The molecule has 0 spiro atoms. The molecular formula is C17H28BrN3. The van der Waals surface area contributed by atoms with E-state index in [4.69, 9.17) is 0 Å². The fourth-order valence-electron chi connectivity index (χ4n) is 2.83. The molecule has 0 amide bonds. The Balaban J connectivity index is 2.06. The molecule has 1 heterocycles. The maximum atomic E-state index is 3.76. The molecule has 1 atom stereocenters. The molecule has 1 aromatic rings. The van der Waals surface area contributed by atoms with Gasteiger partial charge in [-0.05, 0) is 60.6 Å². The molecule has 0 saturated carbocycles. The topological polar surface area (TPSA) is 18.5 Å². The van der Waals surface area contributed by atoms with E-state index in [1.807, 2.05) is 0 Å². The molecule has 118 valence electrons. The lowest BCUT2D eigenvalue weighted by molar-refractivity contribution is 0.258. The average molecular weight is 354 g/mol. The second-order valence-electron chi connectivity index (χ2n) is 6.53. The molecule has 3 nitrogen and oxygen atoms in total. The van der Waals surface area contributed by atoms with E-state index in [1.165, 1.54) is 28.6 Å². The summed E-state index contributed by atoms with van der Waals surface area (Å²) in [5, 5.41) is 3.47. The first-order valence-electron chi connectivity index (χ1n) is 7.90. The maximum absolute atomic E-state index is 3.76. The molecule has 2 rings (SSSR count). The second-order valence-corrected chi connectivity index (χ2v) is 7.38. The molecule has 0 bridgehead atoms. The van der Waals surface area contributed by atoms with Crippen molar-refractivity contribution in [3.05, 3.63) is 28.2 Å². The van der Waals surface area contributed by atoms with Crippen LogP contribution in [0.1, 0.15) is 32.3 Å². The molecule has 1 fully saturated rings. The maximum Gasteiger partial charge on any atom is 0.0511 e. The van der Waals surface area contributed by atoms with Gasteiger partial charge < -0.3 is 15.1 Å². The first kappa shape index (κ1) is 16.8. The lowest BCUT2D eigenvalue weighted by Gasteiger charge is -2.38. The minimum absolute atomic E-state index is 0.520. The minimum Gasteiger partial charge on any atom is -0.369 e. The molecule has 1 aliphatic heterocycles. The standard InChI is InChI=1S/C17H28BrN3/c1-13(2)19-11-14-7-8-17(16(18)10-14)21-9-5-6-15(12-21)20(3)4/h7-8,10,13,15,19H,5-6,9,11-12H2,1-4H3. The Bertz CT molecular complexity index is 459. The smallest absolute Gasteiger partial charge is 0.0511 e. The predicted molar refractivity (Wildman–Crippen MR) is 95.0 cm³/mol. The first-order valence-corrected chi connectivity index (χ1v) is 8.70. The van der Waals surface area contributed by atoms with Crippen molar-refractivity contribution < 1.29 is 0 Å². The highest BCUT2D eigenvalue weighted by Crippen LogP contribution is 2.30. The number of nitrogens with one attached hydrogen (secondary N) is 1. The molecule has 1 saturated heterocycles. The molecule has 21 heavy (non-hydrogen) atoms. The van der Waals surface area contributed by atoms with Crippen molar-refractivity contribution >= 4 is 21.6 Å². The molecule has 1 aromatic carbocycles. The summed E-state index contributed by atoms with van der Waals surface area (Å²) in [5.41, 5.74) is 2.66. The summed E-state index contributed by atoms with van der Waals surface area (Å²) in [7, 11) is 4.37. The van der Waals surface area contributed by atoms with Crippen LogP contribution in [0.25, 0.3) is 0 Å². The summed E-state index contributed by atoms with van der Waals surface area (Å²) in [5.74, 6) is 0. The third-order valence-corrected chi connectivity index (χ3v) is 4.83. The third kappa shape index (κ3) is 4.70. The molecular weight excluding hydrogens is 326 g/mol. The van der Waals surface area contributed by atoms with Crippen molar-refractivity contribution in [2.24, 2.45) is 0 Å². The van der Waals surface area contributed by atoms with Gasteiger partial charge in [0.05, 0.1) is 5.69 Å². The van der Waals surface area contributed by atoms with Crippen LogP contribution in [0.2, 0.25) is 0 Å². The van der Waals surface area contributed by atoms with Crippen LogP contribution in [0, 0.1) is 0 Å². The van der Waals surface area contributed by atoms with Crippen molar-refractivity contribution in [2.75, 3.05) is 32.1 Å². The highest BCUT2D eigenvalue weighted by molar-refractivity contribution is 9.10. The monoisotopic (exact) mass is 353 g/mol. The fraction of sp³-hybridized carbons (Fsp3) is 0.647. The van der Waals surface area contributed by atoms with Crippen LogP contribution in [0.5, 0.6) is 0 Å². The van der Waals surface area contributed by atoms with Crippen molar-refractivity contribution in [1.82, 2.24) is 10.2 Å². The first-order chi connectivity index (χ1) is 9.97. The van der Waals surface area contributed by atoms with Crippen molar-refractivity contribution in [1.29, 1.82) is 0 Å². The van der Waals surface area contributed by atoms with Gasteiger partial charge in [0.15, 0.2) is 0 Å². The van der Waals surface area contributed by atoms with Gasteiger partial charge >= 0.3 is 0 Å². The van der Waals surface area contributed by atoms with Gasteiger partial charge in [0.25, 0.3) is 0 Å². The number of rotatable bonds is 5. The Labute approximate surface area is 137 Å². The highest BCUT2D eigenvalue weighted by Gasteiger charge is 2.22. The van der Waals surface area contributed by atoms with Gasteiger partial charge in [0.2, 0.25) is 0 Å². The Morgan fingerprint density at radius 1 is 1.38 bits per heavy atom. The highest BCUT2D eigenvalue weighted by atomic mass is 79.9. The summed E-state index contributed by atoms with van der Waals surface area (Å²) in [4.78, 5) is 4.86. The van der Waals surface area contributed by atoms with Crippen LogP contribution in [-0.4, -0.2) is 44.2 Å². The molecule has 0 aliphatic carbocycles. The summed E-state index contributed by atoms with van der Waals surface area (Å²) in [6.45, 7) is 7.57. The van der Waals surface area contributed by atoms with Crippen LogP contribution < -0.4 is 10.2 Å². The number of hydrogen-bond donors (Lipinski definition) is 1. The number of anilines is 1. The number of benzene rings is 1. The lowest BCUT2D eigenvalue weighted by Crippen LogP contribution is -2.45. The van der Waals surface area contributed by atoms with Crippen molar-refractivity contribution in [3.63, 3.8) is 0 Å². The summed E-state index contributed by atoms with van der Waals surface area (Å²) in [6, 6.07) is 7.94. The van der Waals surface area contributed by atoms with Gasteiger partial charge in [-0.2, -0.15) is 0 Å². The van der Waals surface area contributed by atoms with Crippen molar-refractivity contribution in [3.8, 4) is 0 Å². The zero-order valence-corrected chi connectivity index (χ0v) is 15.3. The van der Waals surface area contributed by atoms with Gasteiger partial charge in [0, 0.05) is 36.2 Å². The lowest BCUT2D eigenvalue weighted by atomic mass is 10.0. The number of halogens is 1. The van der Waals surface area contributed by atoms with E-state index >= 15 is 0 Å². The SMILES string of the molecule is CC(C)NCc1ccc(N2CCCC(N(C)C)C2)c(Br)c1. The van der Waals surface area contributed by atoms with E-state index in [0.29, 0.717) is 12.1 Å². The van der Waals surface area contributed by atoms with Crippen LogP contribution in [0.3, 0.4) is 0 Å². The van der Waals surface area contributed by atoms with E-state index in [0.717, 1.165) is 19.6 Å². The fourth-order valence-corrected chi connectivity index (χ4v) is 3.51. The van der Waals surface area contributed by atoms with E-state index in [-0.39, 0.29) is 0 Å². The Kier molecular flexibility index (Phi) is 6.08. The quantitative estimate of drug-likeness (QED) is 0.874. The number of nitrogens with zero attached hydrogens (tertiary/aromatic N) is 2. The summed E-state index contributed by atoms with van der Waals surface area (Å²) in [6.07, 6.45) is 2.57. The third-order valence-electron chi connectivity index (χ3n) is 4.19. The normalized spacial score (nSPS) is 19.6. The van der Waals surface area contributed by atoms with Crippen LogP contribution in [0.15, 0.2) is 22.7 Å². The Morgan fingerprint density at radius 3 is 2.76 bits per heavy atom. The Hall–Kier alpha value is -0.580.